The Morgan fingerprint density at radius 3 is 2.85 bits per heavy atom. The lowest BCUT2D eigenvalue weighted by atomic mass is 10.0. The highest BCUT2D eigenvalue weighted by Crippen LogP contribution is 2.32. The van der Waals surface area contributed by atoms with Crippen molar-refractivity contribution < 1.29 is 13.9 Å². The maximum atomic E-state index is 15.6. The van der Waals surface area contributed by atoms with Crippen molar-refractivity contribution in [2.75, 3.05) is 37.0 Å². The van der Waals surface area contributed by atoms with Crippen LogP contribution in [0.4, 0.5) is 21.8 Å². The average molecular weight is 561 g/mol. The van der Waals surface area contributed by atoms with E-state index in [1.54, 1.807) is 42.6 Å². The van der Waals surface area contributed by atoms with Crippen LogP contribution < -0.4 is 15.5 Å². The Morgan fingerprint density at radius 1 is 1.23 bits per heavy atom. The molecule has 2 aromatic carbocycles. The van der Waals surface area contributed by atoms with Crippen LogP contribution in [-0.2, 0) is 4.74 Å². The van der Waals surface area contributed by atoms with E-state index in [2.05, 4.69) is 25.6 Å². The Bertz CT molecular complexity index is 1550. The number of pyridine rings is 1. The number of halogens is 2. The van der Waals surface area contributed by atoms with Gasteiger partial charge in [0, 0.05) is 37.1 Å². The standard InChI is InChI=1S/C30H30ClFN6O2/c1-19-5-3-6-20-10-14-34-28(27(19)20)38(22-7-4-13-33-18-22)29(39)23-9-8-21(17-25(23)32)36-30-35-15-11-26(37-30)24(31)12-16-40-2/h3,5-6,8-12,14-15,17,22,33H,4,7,13,16,18H2,1-2H3,(H,35,36,37)/b24-12-/t22-/m1/s1. The number of carbonyl (C=O) groups is 1. The number of hydrogen-bond donors (Lipinski definition) is 2. The Balaban J connectivity index is 1.46. The highest BCUT2D eigenvalue weighted by molar-refractivity contribution is 6.48. The van der Waals surface area contributed by atoms with Crippen LogP contribution in [0, 0.1) is 12.7 Å². The summed E-state index contributed by atoms with van der Waals surface area (Å²) >= 11 is 6.28. The lowest BCUT2D eigenvalue weighted by Crippen LogP contribution is -2.49. The van der Waals surface area contributed by atoms with Crippen LogP contribution in [0.2, 0.25) is 0 Å². The lowest BCUT2D eigenvalue weighted by Gasteiger charge is -2.35. The molecule has 1 atom stereocenters. The van der Waals surface area contributed by atoms with Crippen molar-refractivity contribution in [2.24, 2.45) is 0 Å². The van der Waals surface area contributed by atoms with Gasteiger partial charge in [-0.1, -0.05) is 29.8 Å². The second kappa shape index (κ2) is 12.5. The number of anilines is 3. The van der Waals surface area contributed by atoms with Gasteiger partial charge in [-0.25, -0.2) is 19.3 Å². The lowest BCUT2D eigenvalue weighted by molar-refractivity contribution is 0.0968. The molecule has 2 N–H and O–H groups in total. The molecule has 5 rings (SSSR count). The molecule has 8 nitrogen and oxygen atoms in total. The molecule has 1 saturated heterocycles. The third-order valence-electron chi connectivity index (χ3n) is 6.85. The van der Waals surface area contributed by atoms with E-state index in [1.807, 2.05) is 31.2 Å². The number of benzene rings is 2. The minimum Gasteiger partial charge on any atom is -0.381 e. The zero-order chi connectivity index (χ0) is 28.1. The van der Waals surface area contributed by atoms with E-state index < -0.39 is 11.7 Å². The number of piperidine rings is 1. The molecule has 206 valence electrons. The molecular weight excluding hydrogens is 531 g/mol. The number of nitrogens with zero attached hydrogens (tertiary/aromatic N) is 4. The van der Waals surface area contributed by atoms with E-state index in [9.17, 15) is 4.79 Å². The minimum absolute atomic E-state index is 0.0382. The van der Waals surface area contributed by atoms with E-state index in [0.717, 1.165) is 35.7 Å². The van der Waals surface area contributed by atoms with Gasteiger partial charge >= 0.3 is 0 Å². The SMILES string of the molecule is COC/C=C(\Cl)c1ccnc(Nc2ccc(C(=O)N(c3nccc4cccc(C)c34)[C@@H]3CCCNC3)c(F)c2)n1. The first-order valence-corrected chi connectivity index (χ1v) is 13.5. The Morgan fingerprint density at radius 2 is 2.08 bits per heavy atom. The Labute approximate surface area is 237 Å². The summed E-state index contributed by atoms with van der Waals surface area (Å²) in [6.45, 7) is 3.82. The fourth-order valence-electron chi connectivity index (χ4n) is 4.90. The van der Waals surface area contributed by atoms with Crippen molar-refractivity contribution >= 4 is 50.8 Å². The number of aryl methyl sites for hydroxylation is 1. The number of nitrogens with one attached hydrogen (secondary N) is 2. The van der Waals surface area contributed by atoms with Gasteiger partial charge in [0.05, 0.1) is 28.9 Å². The summed E-state index contributed by atoms with van der Waals surface area (Å²) in [6.07, 6.45) is 6.64. The summed E-state index contributed by atoms with van der Waals surface area (Å²) in [7, 11) is 1.57. The van der Waals surface area contributed by atoms with E-state index in [4.69, 9.17) is 16.3 Å². The molecular formula is C30H30ClFN6O2. The first kappa shape index (κ1) is 27.6. The molecule has 3 heterocycles. The number of carbonyl (C=O) groups excluding carboxylic acids is 1. The van der Waals surface area contributed by atoms with Gasteiger partial charge in [-0.2, -0.15) is 0 Å². The number of rotatable bonds is 8. The van der Waals surface area contributed by atoms with E-state index in [1.165, 1.54) is 12.1 Å². The molecule has 0 unspecified atom stereocenters. The molecule has 0 saturated carbocycles. The summed E-state index contributed by atoms with van der Waals surface area (Å²) in [5, 5.41) is 8.64. The van der Waals surface area contributed by atoms with E-state index in [0.29, 0.717) is 35.4 Å². The highest BCUT2D eigenvalue weighted by Gasteiger charge is 2.31. The third-order valence-corrected chi connectivity index (χ3v) is 7.20. The predicted molar refractivity (Wildman–Crippen MR) is 157 cm³/mol. The second-order valence-corrected chi connectivity index (χ2v) is 9.98. The smallest absolute Gasteiger partial charge is 0.262 e. The number of aromatic nitrogens is 3. The molecule has 0 spiro atoms. The summed E-state index contributed by atoms with van der Waals surface area (Å²) in [5.41, 5.74) is 1.86. The molecule has 0 aliphatic carbocycles. The molecule has 10 heteroatoms. The predicted octanol–water partition coefficient (Wildman–Crippen LogP) is 5.84. The van der Waals surface area contributed by atoms with Crippen molar-refractivity contribution in [3.63, 3.8) is 0 Å². The third kappa shape index (κ3) is 5.96. The van der Waals surface area contributed by atoms with Gasteiger partial charge in [-0.3, -0.25) is 9.69 Å². The molecule has 1 aliphatic heterocycles. The molecule has 1 fully saturated rings. The van der Waals surface area contributed by atoms with E-state index >= 15 is 4.39 Å². The number of hydrogen-bond acceptors (Lipinski definition) is 7. The van der Waals surface area contributed by atoms with Gasteiger partial charge in [0.2, 0.25) is 5.95 Å². The normalized spacial score (nSPS) is 15.7. The summed E-state index contributed by atoms with van der Waals surface area (Å²) < 4.78 is 20.6. The molecule has 1 aliphatic rings. The molecule has 0 bridgehead atoms. The van der Waals surface area contributed by atoms with E-state index in [-0.39, 0.29) is 17.6 Å². The quantitative estimate of drug-likeness (QED) is 0.280. The first-order chi connectivity index (χ1) is 19.5. The van der Waals surface area contributed by atoms with Crippen LogP contribution in [0.15, 0.2) is 67.0 Å². The average Bonchev–Trinajstić information content (AvgIpc) is 2.97. The van der Waals surface area contributed by atoms with Gasteiger partial charge in [0.1, 0.15) is 11.6 Å². The van der Waals surface area contributed by atoms with Crippen LogP contribution in [0.3, 0.4) is 0 Å². The molecule has 40 heavy (non-hydrogen) atoms. The fraction of sp³-hybridized carbons (Fsp3) is 0.267. The van der Waals surface area contributed by atoms with Gasteiger partial charge in [0.25, 0.3) is 5.91 Å². The molecule has 0 radical (unpaired) electrons. The zero-order valence-electron chi connectivity index (χ0n) is 22.3. The van der Waals surface area contributed by atoms with Crippen molar-refractivity contribution in [1.82, 2.24) is 20.3 Å². The summed E-state index contributed by atoms with van der Waals surface area (Å²) in [6, 6.07) is 13.8. The fourth-order valence-corrected chi connectivity index (χ4v) is 5.07. The minimum atomic E-state index is -0.657. The van der Waals surface area contributed by atoms with Crippen molar-refractivity contribution in [1.29, 1.82) is 0 Å². The largest absolute Gasteiger partial charge is 0.381 e. The maximum absolute atomic E-state index is 15.6. The number of fused-ring (bicyclic) bond motifs is 1. The number of ether oxygens (including phenoxy) is 1. The van der Waals surface area contributed by atoms with Crippen molar-refractivity contribution in [2.45, 2.75) is 25.8 Å². The van der Waals surface area contributed by atoms with Crippen LogP contribution in [0.25, 0.3) is 15.8 Å². The van der Waals surface area contributed by atoms with Gasteiger partial charge in [-0.15, -0.1) is 0 Å². The van der Waals surface area contributed by atoms with Crippen LogP contribution in [0.1, 0.15) is 34.5 Å². The zero-order valence-corrected chi connectivity index (χ0v) is 23.1. The van der Waals surface area contributed by atoms with Crippen LogP contribution in [0.5, 0.6) is 0 Å². The van der Waals surface area contributed by atoms with Crippen molar-refractivity contribution in [3.8, 4) is 0 Å². The maximum Gasteiger partial charge on any atom is 0.262 e. The van der Waals surface area contributed by atoms with Gasteiger partial charge in [0.15, 0.2) is 0 Å². The molecule has 4 aromatic rings. The Kier molecular flexibility index (Phi) is 8.64. The molecule has 2 aromatic heterocycles. The van der Waals surface area contributed by atoms with Crippen LogP contribution in [-0.4, -0.2) is 53.7 Å². The van der Waals surface area contributed by atoms with Crippen LogP contribution >= 0.6 is 11.6 Å². The van der Waals surface area contributed by atoms with Crippen molar-refractivity contribution in [3.05, 3.63) is 89.6 Å². The first-order valence-electron chi connectivity index (χ1n) is 13.1. The topological polar surface area (TPSA) is 92.3 Å². The monoisotopic (exact) mass is 560 g/mol. The van der Waals surface area contributed by atoms with Gasteiger partial charge < -0.3 is 15.4 Å². The number of methoxy groups -OCH3 is 1. The summed E-state index contributed by atoms with van der Waals surface area (Å²) in [5.74, 6) is -0.311. The number of amides is 1. The Hall–Kier alpha value is -3.92. The second-order valence-electron chi connectivity index (χ2n) is 9.58. The summed E-state index contributed by atoms with van der Waals surface area (Å²) in [4.78, 5) is 28.9. The highest BCUT2D eigenvalue weighted by atomic mass is 35.5. The molecule has 1 amide bonds. The van der Waals surface area contributed by atoms with Gasteiger partial charge in [-0.05, 0) is 73.7 Å².